The zero-order valence-corrected chi connectivity index (χ0v) is 10.4. The normalized spacial score (nSPS) is 14.8. The van der Waals surface area contributed by atoms with Crippen LogP contribution in [0.3, 0.4) is 0 Å². The molecule has 4 nitrogen and oxygen atoms in total. The molecule has 0 bridgehead atoms. The number of nitrogens with zero attached hydrogens (tertiary/aromatic N) is 3. The molecule has 0 saturated carbocycles. The van der Waals surface area contributed by atoms with Crippen molar-refractivity contribution in [2.45, 2.75) is 38.8 Å². The number of hydrogen-bond donors (Lipinski definition) is 0. The van der Waals surface area contributed by atoms with E-state index in [1.165, 1.54) is 5.56 Å². The summed E-state index contributed by atoms with van der Waals surface area (Å²) >= 11 is 0. The number of aromatic nitrogens is 3. The lowest BCUT2D eigenvalue weighted by Crippen LogP contribution is -2.07. The first kappa shape index (κ1) is 11.3. The predicted octanol–water partition coefficient (Wildman–Crippen LogP) is 2.29. The third-order valence-corrected chi connectivity index (χ3v) is 3.50. The summed E-state index contributed by atoms with van der Waals surface area (Å²) < 4.78 is 4.24. The third-order valence-electron chi connectivity index (χ3n) is 3.50. The summed E-state index contributed by atoms with van der Waals surface area (Å²) in [5, 5.41) is 0. The monoisotopic (exact) mass is 243 g/mol. The molecule has 1 aliphatic rings. The molecule has 1 aliphatic carbocycles. The van der Waals surface area contributed by atoms with Crippen molar-refractivity contribution in [1.82, 2.24) is 14.1 Å². The fourth-order valence-corrected chi connectivity index (χ4v) is 2.56. The fourth-order valence-electron chi connectivity index (χ4n) is 2.56. The van der Waals surface area contributed by atoms with Crippen LogP contribution in [-0.2, 0) is 19.5 Å². The molecule has 94 valence electrons. The lowest BCUT2D eigenvalue weighted by Gasteiger charge is -2.07. The van der Waals surface area contributed by atoms with Gasteiger partial charge in [0.1, 0.15) is 0 Å². The molecule has 0 unspecified atom stereocenters. The highest BCUT2D eigenvalue weighted by Crippen LogP contribution is 2.22. The number of carbonyl (C=O) groups is 1. The van der Waals surface area contributed by atoms with Gasteiger partial charge in [0.25, 0.3) is 0 Å². The van der Waals surface area contributed by atoms with Gasteiger partial charge >= 0.3 is 0 Å². The number of carbonyl (C=O) groups excluding carboxylic acids is 1. The lowest BCUT2D eigenvalue weighted by atomic mass is 9.95. The van der Waals surface area contributed by atoms with Crippen LogP contribution in [0.15, 0.2) is 31.1 Å². The van der Waals surface area contributed by atoms with E-state index in [-0.39, 0.29) is 0 Å². The molecule has 3 rings (SSSR count). The van der Waals surface area contributed by atoms with Gasteiger partial charge in [-0.3, -0.25) is 4.79 Å². The van der Waals surface area contributed by atoms with E-state index in [2.05, 4.69) is 20.3 Å². The topological polar surface area (TPSA) is 39.8 Å². The molecule has 2 aromatic heterocycles. The minimum atomic E-state index is 0.310. The molecule has 4 heteroatoms. The number of fused-ring (bicyclic) bond motifs is 1. The second-order valence-corrected chi connectivity index (χ2v) is 4.87. The maximum Gasteiger partial charge on any atom is 0.164 e. The number of aryl methyl sites for hydroxylation is 3. The number of hydrogen-bond acceptors (Lipinski definition) is 2. The van der Waals surface area contributed by atoms with Crippen molar-refractivity contribution in [3.8, 4) is 0 Å². The highest BCUT2D eigenvalue weighted by atomic mass is 16.1. The van der Waals surface area contributed by atoms with E-state index in [9.17, 15) is 4.79 Å². The molecule has 0 aliphatic heterocycles. The minimum absolute atomic E-state index is 0.310. The van der Waals surface area contributed by atoms with Crippen LogP contribution in [-0.4, -0.2) is 19.9 Å². The van der Waals surface area contributed by atoms with Gasteiger partial charge in [0.05, 0.1) is 6.33 Å². The Balaban J connectivity index is 1.62. The van der Waals surface area contributed by atoms with E-state index in [1.54, 1.807) is 6.20 Å². The van der Waals surface area contributed by atoms with Gasteiger partial charge in [0.2, 0.25) is 0 Å². The van der Waals surface area contributed by atoms with Crippen LogP contribution < -0.4 is 0 Å². The minimum Gasteiger partial charge on any atom is -0.353 e. The van der Waals surface area contributed by atoms with Gasteiger partial charge in [-0.25, -0.2) is 4.98 Å². The summed E-state index contributed by atoms with van der Waals surface area (Å²) in [5.74, 6) is 0.310. The summed E-state index contributed by atoms with van der Waals surface area (Å²) in [6, 6.07) is 0. The molecule has 0 radical (unpaired) electrons. The van der Waals surface area contributed by atoms with Gasteiger partial charge in [-0.15, -0.1) is 0 Å². The van der Waals surface area contributed by atoms with Gasteiger partial charge in [-0.1, -0.05) is 0 Å². The standard InChI is InChI=1S/C14H17N3O/c18-14-4-1-3-12-9-17(10-13(12)14)7-2-6-16-8-5-15-11-16/h5,8-11H,1-4,6-7H2. The molecule has 0 saturated heterocycles. The van der Waals surface area contributed by atoms with Crippen LogP contribution in [0.1, 0.15) is 35.2 Å². The van der Waals surface area contributed by atoms with Gasteiger partial charge in [-0.2, -0.15) is 0 Å². The molecular weight excluding hydrogens is 226 g/mol. The van der Waals surface area contributed by atoms with Crippen LogP contribution in [0, 0.1) is 0 Å². The molecule has 18 heavy (non-hydrogen) atoms. The summed E-state index contributed by atoms with van der Waals surface area (Å²) in [5.41, 5.74) is 2.18. The first-order valence-corrected chi connectivity index (χ1v) is 6.50. The summed E-state index contributed by atoms with van der Waals surface area (Å²) in [6.45, 7) is 1.93. The second kappa shape index (κ2) is 4.80. The number of rotatable bonds is 4. The van der Waals surface area contributed by atoms with Crippen LogP contribution in [0.4, 0.5) is 0 Å². The molecule has 0 spiro atoms. The Morgan fingerprint density at radius 1 is 1.17 bits per heavy atom. The summed E-state index contributed by atoms with van der Waals surface area (Å²) in [7, 11) is 0. The van der Waals surface area contributed by atoms with Crippen molar-refractivity contribution in [2.24, 2.45) is 0 Å². The zero-order valence-electron chi connectivity index (χ0n) is 10.4. The van der Waals surface area contributed by atoms with E-state index in [1.807, 2.05) is 18.7 Å². The molecular formula is C14H17N3O. The molecule has 0 atom stereocenters. The molecule has 0 amide bonds. The van der Waals surface area contributed by atoms with E-state index in [0.717, 1.165) is 37.9 Å². The third kappa shape index (κ3) is 2.23. The van der Waals surface area contributed by atoms with E-state index in [4.69, 9.17) is 0 Å². The van der Waals surface area contributed by atoms with Gasteiger partial charge in [0, 0.05) is 49.9 Å². The maximum atomic E-state index is 11.7. The van der Waals surface area contributed by atoms with Crippen molar-refractivity contribution < 1.29 is 4.79 Å². The fraction of sp³-hybridized carbons (Fsp3) is 0.429. The first-order valence-electron chi connectivity index (χ1n) is 6.50. The molecule has 0 N–H and O–H groups in total. The Bertz CT molecular complexity index is 539. The predicted molar refractivity (Wildman–Crippen MR) is 68.5 cm³/mol. The Morgan fingerprint density at radius 2 is 2.06 bits per heavy atom. The molecule has 0 aromatic carbocycles. The lowest BCUT2D eigenvalue weighted by molar-refractivity contribution is 0.0973. The van der Waals surface area contributed by atoms with Crippen molar-refractivity contribution in [1.29, 1.82) is 0 Å². The molecule has 0 fully saturated rings. The zero-order chi connectivity index (χ0) is 12.4. The highest BCUT2D eigenvalue weighted by Gasteiger charge is 2.18. The Kier molecular flexibility index (Phi) is 3.00. The summed E-state index contributed by atoms with van der Waals surface area (Å²) in [4.78, 5) is 15.8. The van der Waals surface area contributed by atoms with Crippen LogP contribution in [0.2, 0.25) is 0 Å². The van der Waals surface area contributed by atoms with Crippen molar-refractivity contribution >= 4 is 5.78 Å². The van der Waals surface area contributed by atoms with Gasteiger partial charge in [0.15, 0.2) is 5.78 Å². The quantitative estimate of drug-likeness (QED) is 0.826. The smallest absolute Gasteiger partial charge is 0.164 e. The average molecular weight is 243 g/mol. The number of ketones is 1. The van der Waals surface area contributed by atoms with E-state index in [0.29, 0.717) is 12.2 Å². The van der Waals surface area contributed by atoms with Crippen molar-refractivity contribution in [3.63, 3.8) is 0 Å². The van der Waals surface area contributed by atoms with Crippen LogP contribution in [0.5, 0.6) is 0 Å². The van der Waals surface area contributed by atoms with Gasteiger partial charge in [-0.05, 0) is 24.8 Å². The maximum absolute atomic E-state index is 11.7. The number of Topliss-reactive ketones (excluding diaryl/α,β-unsaturated/α-hetero) is 1. The Hall–Kier alpha value is -1.84. The largest absolute Gasteiger partial charge is 0.353 e. The molecule has 2 heterocycles. The van der Waals surface area contributed by atoms with Crippen LogP contribution in [0.25, 0.3) is 0 Å². The second-order valence-electron chi connectivity index (χ2n) is 4.87. The molecule has 2 aromatic rings. The van der Waals surface area contributed by atoms with Gasteiger partial charge < -0.3 is 9.13 Å². The summed E-state index contributed by atoms with van der Waals surface area (Å²) in [6.07, 6.45) is 13.6. The SMILES string of the molecule is O=C1CCCc2cn(CCCn3ccnc3)cc21. The number of imidazole rings is 1. The first-order chi connectivity index (χ1) is 8.83. The Labute approximate surface area is 106 Å². The average Bonchev–Trinajstić information content (AvgIpc) is 2.98. The van der Waals surface area contributed by atoms with Crippen molar-refractivity contribution in [3.05, 3.63) is 42.2 Å². The van der Waals surface area contributed by atoms with E-state index >= 15 is 0 Å². The van der Waals surface area contributed by atoms with Crippen molar-refractivity contribution in [2.75, 3.05) is 0 Å². The van der Waals surface area contributed by atoms with Crippen LogP contribution >= 0.6 is 0 Å². The van der Waals surface area contributed by atoms with E-state index < -0.39 is 0 Å². The highest BCUT2D eigenvalue weighted by molar-refractivity contribution is 5.98. The Morgan fingerprint density at radius 3 is 2.83 bits per heavy atom.